The predicted octanol–water partition coefficient (Wildman–Crippen LogP) is 2.92. The Morgan fingerprint density at radius 2 is 2.41 bits per heavy atom. The van der Waals surface area contributed by atoms with Crippen molar-refractivity contribution in [2.24, 2.45) is 0 Å². The zero-order chi connectivity index (χ0) is 12.4. The van der Waals surface area contributed by atoms with Gasteiger partial charge in [-0.25, -0.2) is 9.78 Å². The summed E-state index contributed by atoms with van der Waals surface area (Å²) >= 11 is 4.38. The van der Waals surface area contributed by atoms with Crippen molar-refractivity contribution in [3.63, 3.8) is 0 Å². The second-order valence-corrected chi connectivity index (χ2v) is 4.87. The van der Waals surface area contributed by atoms with E-state index < -0.39 is 5.97 Å². The van der Waals surface area contributed by atoms with Crippen LogP contribution in [-0.2, 0) is 4.74 Å². The maximum absolute atomic E-state index is 11.7. The van der Waals surface area contributed by atoms with Crippen molar-refractivity contribution in [3.8, 4) is 10.6 Å². The first kappa shape index (κ1) is 12.1. The van der Waals surface area contributed by atoms with Gasteiger partial charge in [0.1, 0.15) is 10.6 Å². The van der Waals surface area contributed by atoms with E-state index >= 15 is 0 Å². The molecule has 2 rings (SSSR count). The molecule has 0 unspecified atom stereocenters. The molecular formula is C10H9BrN2O3S. The summed E-state index contributed by atoms with van der Waals surface area (Å²) in [6.07, 6.45) is 0. The van der Waals surface area contributed by atoms with Crippen LogP contribution < -0.4 is 5.73 Å². The third-order valence-corrected chi connectivity index (χ3v) is 3.23. The minimum atomic E-state index is -0.497. The lowest BCUT2D eigenvalue weighted by Gasteiger charge is -1.99. The number of ether oxygens (including phenoxy) is 1. The highest BCUT2D eigenvalue weighted by molar-refractivity contribution is 9.10. The Morgan fingerprint density at radius 3 is 3.00 bits per heavy atom. The van der Waals surface area contributed by atoms with Gasteiger partial charge in [0.2, 0.25) is 0 Å². The van der Waals surface area contributed by atoms with Gasteiger partial charge in [-0.3, -0.25) is 0 Å². The SMILES string of the molecule is CCOC(=O)c1nc(N)sc1-c1ccc(Br)o1. The molecule has 0 saturated carbocycles. The van der Waals surface area contributed by atoms with E-state index in [0.29, 0.717) is 20.4 Å². The first-order valence-electron chi connectivity index (χ1n) is 4.81. The summed E-state index contributed by atoms with van der Waals surface area (Å²) in [5, 5.41) is 0.301. The first-order valence-corrected chi connectivity index (χ1v) is 6.42. The second kappa shape index (κ2) is 4.89. The number of hydrogen-bond donors (Lipinski definition) is 1. The zero-order valence-corrected chi connectivity index (χ0v) is 11.3. The summed E-state index contributed by atoms with van der Waals surface area (Å²) in [5.74, 6) is 0.0390. The summed E-state index contributed by atoms with van der Waals surface area (Å²) in [6.45, 7) is 2.02. The zero-order valence-electron chi connectivity index (χ0n) is 8.90. The number of nitrogens with zero attached hydrogens (tertiary/aromatic N) is 1. The van der Waals surface area contributed by atoms with Crippen molar-refractivity contribution < 1.29 is 13.9 Å². The highest BCUT2D eigenvalue weighted by atomic mass is 79.9. The molecule has 17 heavy (non-hydrogen) atoms. The molecule has 0 bridgehead atoms. The van der Waals surface area contributed by atoms with Crippen molar-refractivity contribution >= 4 is 38.4 Å². The Kier molecular flexibility index (Phi) is 3.49. The average molecular weight is 317 g/mol. The van der Waals surface area contributed by atoms with E-state index in [1.165, 1.54) is 11.3 Å². The van der Waals surface area contributed by atoms with Gasteiger partial charge >= 0.3 is 5.97 Å². The van der Waals surface area contributed by atoms with E-state index in [1.54, 1.807) is 19.1 Å². The largest absolute Gasteiger partial charge is 0.461 e. The van der Waals surface area contributed by atoms with Gasteiger partial charge in [0.05, 0.1) is 6.61 Å². The topological polar surface area (TPSA) is 78.3 Å². The first-order chi connectivity index (χ1) is 8.11. The molecule has 0 aromatic carbocycles. The van der Waals surface area contributed by atoms with Gasteiger partial charge in [0.25, 0.3) is 0 Å². The van der Waals surface area contributed by atoms with Gasteiger partial charge in [0.15, 0.2) is 15.5 Å². The molecule has 2 N–H and O–H groups in total. The molecule has 0 aliphatic heterocycles. The van der Waals surface area contributed by atoms with Crippen LogP contribution in [0.3, 0.4) is 0 Å². The minimum absolute atomic E-state index is 0.191. The van der Waals surface area contributed by atoms with Gasteiger partial charge in [-0.15, -0.1) is 0 Å². The molecule has 0 aliphatic carbocycles. The molecule has 0 saturated heterocycles. The van der Waals surface area contributed by atoms with Crippen molar-refractivity contribution in [1.82, 2.24) is 4.98 Å². The molecule has 0 fully saturated rings. The summed E-state index contributed by atoms with van der Waals surface area (Å²) in [7, 11) is 0. The number of carbonyl (C=O) groups excluding carboxylic acids is 1. The number of halogens is 1. The quantitative estimate of drug-likeness (QED) is 0.881. The maximum atomic E-state index is 11.7. The van der Waals surface area contributed by atoms with Crippen LogP contribution >= 0.6 is 27.3 Å². The van der Waals surface area contributed by atoms with E-state index in [-0.39, 0.29) is 12.3 Å². The summed E-state index contributed by atoms with van der Waals surface area (Å²) in [6, 6.07) is 3.47. The van der Waals surface area contributed by atoms with E-state index in [1.807, 2.05) is 0 Å². The lowest BCUT2D eigenvalue weighted by atomic mass is 10.3. The molecule has 0 atom stereocenters. The van der Waals surface area contributed by atoms with Crippen LogP contribution in [0.15, 0.2) is 21.2 Å². The highest BCUT2D eigenvalue weighted by Crippen LogP contribution is 2.34. The fourth-order valence-corrected chi connectivity index (χ4v) is 2.37. The number of esters is 1. The number of furan rings is 1. The van der Waals surface area contributed by atoms with Crippen molar-refractivity contribution in [3.05, 3.63) is 22.5 Å². The second-order valence-electron chi connectivity index (χ2n) is 3.05. The predicted molar refractivity (Wildman–Crippen MR) is 67.9 cm³/mol. The molecule has 0 amide bonds. The molecule has 0 spiro atoms. The maximum Gasteiger partial charge on any atom is 0.358 e. The van der Waals surface area contributed by atoms with Crippen LogP contribution in [0, 0.1) is 0 Å². The van der Waals surface area contributed by atoms with Crippen molar-refractivity contribution in [1.29, 1.82) is 0 Å². The summed E-state index contributed by atoms with van der Waals surface area (Å²) < 4.78 is 10.9. The molecule has 90 valence electrons. The Bertz CT molecular complexity index is 549. The van der Waals surface area contributed by atoms with Gasteiger partial charge in [-0.2, -0.15) is 0 Å². The highest BCUT2D eigenvalue weighted by Gasteiger charge is 2.21. The van der Waals surface area contributed by atoms with Gasteiger partial charge in [-0.1, -0.05) is 11.3 Å². The third kappa shape index (κ3) is 2.50. The van der Waals surface area contributed by atoms with Gasteiger partial charge < -0.3 is 14.9 Å². The molecular weight excluding hydrogens is 308 g/mol. The molecule has 2 aromatic rings. The average Bonchev–Trinajstić information content (AvgIpc) is 2.84. The number of nitrogens with two attached hydrogens (primary N) is 1. The monoisotopic (exact) mass is 316 g/mol. The molecule has 7 heteroatoms. The van der Waals surface area contributed by atoms with Crippen molar-refractivity contribution in [2.75, 3.05) is 12.3 Å². The standard InChI is InChI=1S/C10H9BrN2O3S/c1-2-15-9(14)7-8(17-10(12)13-7)5-3-4-6(11)16-5/h3-4H,2H2,1H3,(H2,12,13). The fraction of sp³-hybridized carbons (Fsp3) is 0.200. The number of aromatic nitrogens is 1. The Hall–Kier alpha value is -1.34. The van der Waals surface area contributed by atoms with Crippen molar-refractivity contribution in [2.45, 2.75) is 6.92 Å². The summed E-state index contributed by atoms with van der Waals surface area (Å²) in [5.41, 5.74) is 5.79. The van der Waals surface area contributed by atoms with E-state index in [0.717, 1.165) is 0 Å². The summed E-state index contributed by atoms with van der Waals surface area (Å²) in [4.78, 5) is 16.2. The smallest absolute Gasteiger partial charge is 0.358 e. The lowest BCUT2D eigenvalue weighted by molar-refractivity contribution is 0.0521. The number of anilines is 1. The van der Waals surface area contributed by atoms with Gasteiger partial charge in [-0.05, 0) is 35.0 Å². The van der Waals surface area contributed by atoms with Gasteiger partial charge in [0, 0.05) is 0 Å². The normalized spacial score (nSPS) is 10.5. The minimum Gasteiger partial charge on any atom is -0.461 e. The lowest BCUT2D eigenvalue weighted by Crippen LogP contribution is -2.06. The Labute approximate surface area is 110 Å². The third-order valence-electron chi connectivity index (χ3n) is 1.91. The van der Waals surface area contributed by atoms with E-state index in [2.05, 4.69) is 20.9 Å². The number of carbonyl (C=O) groups is 1. The molecule has 5 nitrogen and oxygen atoms in total. The van der Waals surface area contributed by atoms with E-state index in [9.17, 15) is 4.79 Å². The number of nitrogen functional groups attached to an aromatic ring is 1. The Morgan fingerprint density at radius 1 is 1.65 bits per heavy atom. The molecule has 0 radical (unpaired) electrons. The molecule has 0 aliphatic rings. The van der Waals surface area contributed by atoms with E-state index in [4.69, 9.17) is 14.9 Å². The van der Waals surface area contributed by atoms with Crippen LogP contribution in [0.25, 0.3) is 10.6 Å². The van der Waals surface area contributed by atoms with Crippen LogP contribution in [0.4, 0.5) is 5.13 Å². The number of thiazole rings is 1. The van der Waals surface area contributed by atoms with Crippen LogP contribution in [-0.4, -0.2) is 17.6 Å². The Balaban J connectivity index is 2.43. The fourth-order valence-electron chi connectivity index (χ4n) is 1.28. The molecule has 2 heterocycles. The van der Waals surface area contributed by atoms with Crippen LogP contribution in [0.1, 0.15) is 17.4 Å². The van der Waals surface area contributed by atoms with Crippen LogP contribution in [0.2, 0.25) is 0 Å². The number of hydrogen-bond acceptors (Lipinski definition) is 6. The molecule has 2 aromatic heterocycles. The van der Waals surface area contributed by atoms with Crippen LogP contribution in [0.5, 0.6) is 0 Å². The number of rotatable bonds is 3.